The van der Waals surface area contributed by atoms with E-state index in [0.717, 1.165) is 24.8 Å². The van der Waals surface area contributed by atoms with E-state index in [9.17, 15) is 4.79 Å². The Labute approximate surface area is 148 Å². The minimum absolute atomic E-state index is 0.0284. The van der Waals surface area contributed by atoms with Gasteiger partial charge in [-0.1, -0.05) is 18.2 Å². The van der Waals surface area contributed by atoms with Crippen LogP contribution < -0.4 is 16.8 Å². The number of para-hydroxylation sites is 1. The van der Waals surface area contributed by atoms with Crippen molar-refractivity contribution in [2.24, 2.45) is 11.5 Å². The van der Waals surface area contributed by atoms with Crippen LogP contribution in [0.1, 0.15) is 24.8 Å². The monoisotopic (exact) mass is 344 g/mol. The summed E-state index contributed by atoms with van der Waals surface area (Å²) in [5.74, 6) is -0.0586. The zero-order valence-electron chi connectivity index (χ0n) is 14.7. The summed E-state index contributed by atoms with van der Waals surface area (Å²) in [6.07, 6.45) is 5.09. The van der Waals surface area contributed by atoms with Gasteiger partial charge in [-0.25, -0.2) is 0 Å². The van der Waals surface area contributed by atoms with Crippen LogP contribution in [0.15, 0.2) is 30.5 Å². The highest BCUT2D eigenvalue weighted by atomic mass is 16.2. The second-order valence-electron chi connectivity index (χ2n) is 6.31. The summed E-state index contributed by atoms with van der Waals surface area (Å²) < 4.78 is 0. The van der Waals surface area contributed by atoms with Gasteiger partial charge in [-0.05, 0) is 37.3 Å². The Balaban J connectivity index is 1.74. The number of aromatic amines is 1. The average molecular weight is 344 g/mol. The maximum Gasteiger partial charge on any atom is 0.239 e. The Morgan fingerprint density at radius 3 is 2.88 bits per heavy atom. The average Bonchev–Trinajstić information content (AvgIpc) is 3.01. The lowest BCUT2D eigenvalue weighted by Crippen LogP contribution is -2.42. The molecule has 0 spiro atoms. The highest BCUT2D eigenvalue weighted by molar-refractivity contribution is 5.83. The summed E-state index contributed by atoms with van der Waals surface area (Å²) in [5, 5.41) is 11.0. The van der Waals surface area contributed by atoms with Gasteiger partial charge in [0.1, 0.15) is 0 Å². The minimum atomic E-state index is -0.481. The maximum atomic E-state index is 12.4. The van der Waals surface area contributed by atoms with Crippen molar-refractivity contribution in [3.8, 4) is 0 Å². The quantitative estimate of drug-likeness (QED) is 0.266. The smallest absolute Gasteiger partial charge is 0.239 e. The Kier molecular flexibility index (Phi) is 6.82. The fourth-order valence-electron chi connectivity index (χ4n) is 2.86. The van der Waals surface area contributed by atoms with Crippen molar-refractivity contribution in [2.45, 2.75) is 31.7 Å². The number of hydrogen-bond acceptors (Lipinski definition) is 3. The lowest BCUT2D eigenvalue weighted by molar-refractivity contribution is -0.131. The number of rotatable bonds is 9. The van der Waals surface area contributed by atoms with E-state index in [1.165, 1.54) is 10.9 Å². The van der Waals surface area contributed by atoms with E-state index in [2.05, 4.69) is 16.4 Å². The number of likely N-dealkylation sites (N-methyl/N-ethyl adjacent to an activating group) is 1. The van der Waals surface area contributed by atoms with Gasteiger partial charge in [0.25, 0.3) is 0 Å². The molecule has 7 nitrogen and oxygen atoms in total. The van der Waals surface area contributed by atoms with Gasteiger partial charge in [0.05, 0.1) is 6.04 Å². The van der Waals surface area contributed by atoms with Crippen molar-refractivity contribution in [3.05, 3.63) is 36.0 Å². The molecule has 1 heterocycles. The van der Waals surface area contributed by atoms with Crippen LogP contribution in [0.3, 0.4) is 0 Å². The van der Waals surface area contributed by atoms with Crippen LogP contribution in [0.25, 0.3) is 10.9 Å². The number of nitrogens with two attached hydrogens (primary N) is 2. The Morgan fingerprint density at radius 2 is 2.12 bits per heavy atom. The summed E-state index contributed by atoms with van der Waals surface area (Å²) in [7, 11) is 1.80. The largest absolute Gasteiger partial charge is 0.370 e. The van der Waals surface area contributed by atoms with Gasteiger partial charge >= 0.3 is 0 Å². The molecule has 0 aliphatic carbocycles. The van der Waals surface area contributed by atoms with Crippen LogP contribution in [0.2, 0.25) is 0 Å². The molecule has 1 aromatic heterocycles. The van der Waals surface area contributed by atoms with Crippen molar-refractivity contribution in [3.63, 3.8) is 0 Å². The summed E-state index contributed by atoms with van der Waals surface area (Å²) >= 11 is 0. The number of carbonyl (C=O) groups is 1. The van der Waals surface area contributed by atoms with Crippen LogP contribution in [0, 0.1) is 5.41 Å². The second-order valence-corrected chi connectivity index (χ2v) is 6.31. The number of hydrogen-bond donors (Lipinski definition) is 5. The molecule has 2 rings (SSSR count). The molecule has 0 aliphatic heterocycles. The second kappa shape index (κ2) is 9.08. The number of H-pyrrole nitrogens is 1. The standard InChI is InChI=1S/C18H28N6O/c1-24(17(25)15(19)7-4-5-10-22-18(20)21)11-9-13-12-23-16-8-3-2-6-14(13)16/h2-3,6,8,12,15,23H,4-5,7,9-11,19H2,1H3,(H4,20,21,22). The van der Waals surface area contributed by atoms with Crippen molar-refractivity contribution >= 4 is 22.8 Å². The number of nitrogens with zero attached hydrogens (tertiary/aromatic N) is 1. The van der Waals surface area contributed by atoms with E-state index < -0.39 is 6.04 Å². The SMILES string of the molecule is CN(CCc1c[nH]c2ccccc12)C(=O)C(N)CCCCNC(=N)N. The fourth-order valence-corrected chi connectivity index (χ4v) is 2.86. The summed E-state index contributed by atoms with van der Waals surface area (Å²) in [6.45, 7) is 1.27. The normalized spacial score (nSPS) is 12.1. The van der Waals surface area contributed by atoms with Crippen molar-refractivity contribution in [1.29, 1.82) is 5.41 Å². The Bertz CT molecular complexity index is 710. The van der Waals surface area contributed by atoms with Gasteiger partial charge in [-0.15, -0.1) is 0 Å². The van der Waals surface area contributed by atoms with Crippen LogP contribution in [0.5, 0.6) is 0 Å². The number of guanidine groups is 1. The van der Waals surface area contributed by atoms with Crippen LogP contribution in [-0.4, -0.2) is 47.9 Å². The van der Waals surface area contributed by atoms with Gasteiger partial charge in [-0.2, -0.15) is 0 Å². The molecule has 0 saturated heterocycles. The molecular weight excluding hydrogens is 316 g/mol. The number of nitrogens with one attached hydrogen (secondary N) is 3. The van der Waals surface area contributed by atoms with Crippen molar-refractivity contribution in [2.75, 3.05) is 20.1 Å². The lowest BCUT2D eigenvalue weighted by atomic mass is 10.1. The molecule has 0 saturated carbocycles. The molecule has 0 fully saturated rings. The Morgan fingerprint density at radius 1 is 1.36 bits per heavy atom. The van der Waals surface area contributed by atoms with E-state index in [1.807, 2.05) is 24.4 Å². The molecule has 0 aliphatic rings. The minimum Gasteiger partial charge on any atom is -0.370 e. The predicted molar refractivity (Wildman–Crippen MR) is 101 cm³/mol. The molecule has 1 aromatic carbocycles. The molecule has 1 amide bonds. The summed E-state index contributed by atoms with van der Waals surface area (Å²) in [6, 6.07) is 7.67. The first-order chi connectivity index (χ1) is 12.0. The van der Waals surface area contributed by atoms with Crippen LogP contribution >= 0.6 is 0 Å². The highest BCUT2D eigenvalue weighted by Crippen LogP contribution is 2.18. The van der Waals surface area contributed by atoms with Gasteiger partial charge in [-0.3, -0.25) is 10.2 Å². The number of benzene rings is 1. The lowest BCUT2D eigenvalue weighted by Gasteiger charge is -2.21. The molecule has 1 atom stereocenters. The molecular formula is C18H28N6O. The first-order valence-corrected chi connectivity index (χ1v) is 8.62. The van der Waals surface area contributed by atoms with E-state index >= 15 is 0 Å². The van der Waals surface area contributed by atoms with Gasteiger partial charge in [0.2, 0.25) is 5.91 Å². The highest BCUT2D eigenvalue weighted by Gasteiger charge is 2.17. The molecule has 0 radical (unpaired) electrons. The van der Waals surface area contributed by atoms with Gasteiger partial charge < -0.3 is 26.7 Å². The maximum absolute atomic E-state index is 12.4. The summed E-state index contributed by atoms with van der Waals surface area (Å²) in [4.78, 5) is 17.3. The van der Waals surface area contributed by atoms with Gasteiger partial charge in [0.15, 0.2) is 5.96 Å². The number of aromatic nitrogens is 1. The van der Waals surface area contributed by atoms with E-state index in [0.29, 0.717) is 19.5 Å². The van der Waals surface area contributed by atoms with Crippen LogP contribution in [-0.2, 0) is 11.2 Å². The molecule has 7 heteroatoms. The van der Waals surface area contributed by atoms with E-state index in [-0.39, 0.29) is 11.9 Å². The van der Waals surface area contributed by atoms with Gasteiger partial charge in [0, 0.05) is 37.2 Å². The van der Waals surface area contributed by atoms with Crippen molar-refractivity contribution < 1.29 is 4.79 Å². The third-order valence-electron chi connectivity index (χ3n) is 4.34. The zero-order chi connectivity index (χ0) is 18.2. The summed E-state index contributed by atoms with van der Waals surface area (Å²) in [5.41, 5.74) is 13.6. The zero-order valence-corrected chi connectivity index (χ0v) is 14.7. The molecule has 25 heavy (non-hydrogen) atoms. The van der Waals surface area contributed by atoms with E-state index in [4.69, 9.17) is 16.9 Å². The molecule has 7 N–H and O–H groups in total. The van der Waals surface area contributed by atoms with Crippen molar-refractivity contribution in [1.82, 2.24) is 15.2 Å². The number of unbranched alkanes of at least 4 members (excludes halogenated alkanes) is 1. The molecule has 0 bridgehead atoms. The molecule has 136 valence electrons. The molecule has 1 unspecified atom stereocenters. The predicted octanol–water partition coefficient (Wildman–Crippen LogP) is 1.15. The first kappa shape index (κ1) is 18.8. The molecule has 2 aromatic rings. The number of carbonyl (C=O) groups excluding carboxylic acids is 1. The van der Waals surface area contributed by atoms with Crippen LogP contribution in [0.4, 0.5) is 0 Å². The first-order valence-electron chi connectivity index (χ1n) is 8.62. The topological polar surface area (TPSA) is 124 Å². The third-order valence-corrected chi connectivity index (χ3v) is 4.34. The van der Waals surface area contributed by atoms with E-state index in [1.54, 1.807) is 11.9 Å². The fraction of sp³-hybridized carbons (Fsp3) is 0.444. The Hall–Kier alpha value is -2.54. The number of amides is 1. The third kappa shape index (κ3) is 5.49. The number of fused-ring (bicyclic) bond motifs is 1.